The standard InChI is InChI=1S/C16H21N3O2.2ClH/c1-3-4-13(19-9-7-18-8-10-19)15-12(11-17)5-6-14(21-2)16(15)20;;/h3,5-6,13,18,20H,1,4,7-10H2,2H3;2*1H/t13-;;/m1../s1. The molecule has 0 radical (unpaired) electrons. The van der Waals surface area contributed by atoms with Crippen molar-refractivity contribution in [2.24, 2.45) is 0 Å². The van der Waals surface area contributed by atoms with E-state index < -0.39 is 0 Å². The summed E-state index contributed by atoms with van der Waals surface area (Å²) in [5.41, 5.74) is 1.12. The summed E-state index contributed by atoms with van der Waals surface area (Å²) in [5, 5.41) is 23.1. The van der Waals surface area contributed by atoms with Crippen LogP contribution in [0.3, 0.4) is 0 Å². The number of phenols is 1. The van der Waals surface area contributed by atoms with E-state index in [2.05, 4.69) is 22.9 Å². The number of nitrogens with zero attached hydrogens (tertiary/aromatic N) is 2. The molecule has 1 aliphatic rings. The highest BCUT2D eigenvalue weighted by Gasteiger charge is 2.27. The Hall–Kier alpha value is -1.45. The first-order chi connectivity index (χ1) is 10.2. The summed E-state index contributed by atoms with van der Waals surface area (Å²) in [6.07, 6.45) is 2.50. The van der Waals surface area contributed by atoms with Crippen molar-refractivity contribution in [1.29, 1.82) is 5.26 Å². The molecule has 1 aromatic carbocycles. The van der Waals surface area contributed by atoms with Gasteiger partial charge >= 0.3 is 0 Å². The van der Waals surface area contributed by atoms with E-state index in [-0.39, 0.29) is 36.6 Å². The number of nitriles is 1. The number of hydrogen-bond acceptors (Lipinski definition) is 5. The molecule has 1 saturated heterocycles. The molecule has 1 fully saturated rings. The molecule has 0 bridgehead atoms. The summed E-state index contributed by atoms with van der Waals surface area (Å²) in [6, 6.07) is 5.44. The maximum absolute atomic E-state index is 10.5. The van der Waals surface area contributed by atoms with Crippen molar-refractivity contribution in [3.05, 3.63) is 35.9 Å². The fourth-order valence-electron chi connectivity index (χ4n) is 2.79. The van der Waals surface area contributed by atoms with Gasteiger partial charge in [0.25, 0.3) is 0 Å². The van der Waals surface area contributed by atoms with E-state index in [1.807, 2.05) is 6.08 Å². The van der Waals surface area contributed by atoms with Gasteiger partial charge in [0.15, 0.2) is 11.5 Å². The Morgan fingerprint density at radius 1 is 1.43 bits per heavy atom. The SMILES string of the molecule is C=CC[C@H](c1c(C#N)ccc(OC)c1O)N1CCNCC1.Cl.Cl. The summed E-state index contributed by atoms with van der Waals surface area (Å²) < 4.78 is 5.18. The number of halogens is 2. The zero-order valence-electron chi connectivity index (χ0n) is 13.1. The summed E-state index contributed by atoms with van der Waals surface area (Å²) >= 11 is 0. The maximum atomic E-state index is 10.5. The van der Waals surface area contributed by atoms with Crippen LogP contribution in [0.25, 0.3) is 0 Å². The molecule has 1 aromatic rings. The molecular formula is C16H23Cl2N3O2. The van der Waals surface area contributed by atoms with Crippen molar-refractivity contribution in [3.8, 4) is 17.6 Å². The number of nitrogens with one attached hydrogen (secondary N) is 1. The molecule has 0 aromatic heterocycles. The first-order valence-electron chi connectivity index (χ1n) is 7.08. The van der Waals surface area contributed by atoms with Gasteiger partial charge in [-0.2, -0.15) is 5.26 Å². The molecule has 1 aliphatic heterocycles. The van der Waals surface area contributed by atoms with Crippen LogP contribution in [-0.4, -0.2) is 43.3 Å². The van der Waals surface area contributed by atoms with Gasteiger partial charge in [-0.1, -0.05) is 6.08 Å². The molecule has 128 valence electrons. The van der Waals surface area contributed by atoms with E-state index in [1.165, 1.54) is 7.11 Å². The average molecular weight is 360 g/mol. The number of piperazine rings is 1. The van der Waals surface area contributed by atoms with Crippen molar-refractivity contribution in [2.45, 2.75) is 12.5 Å². The first-order valence-corrected chi connectivity index (χ1v) is 7.08. The first kappa shape index (κ1) is 21.6. The lowest BCUT2D eigenvalue weighted by Gasteiger charge is -2.35. The molecule has 5 nitrogen and oxygen atoms in total. The molecule has 0 unspecified atom stereocenters. The Labute approximate surface area is 149 Å². The second-order valence-electron chi connectivity index (χ2n) is 5.02. The lowest BCUT2D eigenvalue weighted by Crippen LogP contribution is -2.45. The highest BCUT2D eigenvalue weighted by molar-refractivity contribution is 5.85. The Morgan fingerprint density at radius 2 is 2.09 bits per heavy atom. The molecular weight excluding hydrogens is 337 g/mol. The predicted octanol–water partition coefficient (Wildman–Crippen LogP) is 2.64. The molecule has 1 atom stereocenters. The van der Waals surface area contributed by atoms with E-state index in [0.717, 1.165) is 26.2 Å². The fourth-order valence-corrected chi connectivity index (χ4v) is 2.79. The Balaban J connectivity index is 0.00000242. The summed E-state index contributed by atoms with van der Waals surface area (Å²) in [7, 11) is 1.51. The average Bonchev–Trinajstić information content (AvgIpc) is 2.53. The van der Waals surface area contributed by atoms with Gasteiger partial charge in [-0.3, -0.25) is 4.90 Å². The maximum Gasteiger partial charge on any atom is 0.163 e. The minimum absolute atomic E-state index is 0. The molecule has 7 heteroatoms. The van der Waals surface area contributed by atoms with Gasteiger partial charge in [0.1, 0.15) is 0 Å². The number of hydrogen-bond donors (Lipinski definition) is 2. The second kappa shape index (κ2) is 10.3. The molecule has 0 amide bonds. The van der Waals surface area contributed by atoms with Crippen LogP contribution in [-0.2, 0) is 0 Å². The zero-order valence-corrected chi connectivity index (χ0v) is 14.8. The number of benzene rings is 1. The number of methoxy groups -OCH3 is 1. The van der Waals surface area contributed by atoms with Crippen LogP contribution in [0.4, 0.5) is 0 Å². The Morgan fingerprint density at radius 3 is 2.61 bits per heavy atom. The number of ether oxygens (including phenoxy) is 1. The fraction of sp³-hybridized carbons (Fsp3) is 0.438. The van der Waals surface area contributed by atoms with Gasteiger partial charge in [0, 0.05) is 37.8 Å². The minimum atomic E-state index is -0.0608. The largest absolute Gasteiger partial charge is 0.504 e. The van der Waals surface area contributed by atoms with Gasteiger partial charge in [-0.15, -0.1) is 31.4 Å². The highest BCUT2D eigenvalue weighted by Crippen LogP contribution is 2.40. The molecule has 2 N–H and O–H groups in total. The number of phenolic OH excluding ortho intramolecular Hbond substituents is 1. The monoisotopic (exact) mass is 359 g/mol. The molecule has 23 heavy (non-hydrogen) atoms. The van der Waals surface area contributed by atoms with Crippen LogP contribution in [0.2, 0.25) is 0 Å². The zero-order chi connectivity index (χ0) is 15.2. The molecule has 0 aliphatic carbocycles. The van der Waals surface area contributed by atoms with Crippen molar-refractivity contribution in [1.82, 2.24) is 10.2 Å². The molecule has 0 spiro atoms. The topological polar surface area (TPSA) is 68.5 Å². The van der Waals surface area contributed by atoms with E-state index in [0.29, 0.717) is 23.3 Å². The van der Waals surface area contributed by atoms with Crippen molar-refractivity contribution in [3.63, 3.8) is 0 Å². The van der Waals surface area contributed by atoms with Gasteiger partial charge in [0.2, 0.25) is 0 Å². The molecule has 1 heterocycles. The van der Waals surface area contributed by atoms with Crippen LogP contribution < -0.4 is 10.1 Å². The van der Waals surface area contributed by atoms with Gasteiger partial charge < -0.3 is 15.2 Å². The molecule has 2 rings (SSSR count). The smallest absolute Gasteiger partial charge is 0.163 e. The van der Waals surface area contributed by atoms with Gasteiger partial charge in [0.05, 0.1) is 18.7 Å². The normalized spacial score (nSPS) is 15.5. The molecule has 0 saturated carbocycles. The van der Waals surface area contributed by atoms with Crippen molar-refractivity contribution in [2.75, 3.05) is 33.3 Å². The van der Waals surface area contributed by atoms with Gasteiger partial charge in [-0.25, -0.2) is 0 Å². The lowest BCUT2D eigenvalue weighted by molar-refractivity contribution is 0.171. The summed E-state index contributed by atoms with van der Waals surface area (Å²) in [6.45, 7) is 7.37. The minimum Gasteiger partial charge on any atom is -0.504 e. The van der Waals surface area contributed by atoms with Crippen LogP contribution in [0, 0.1) is 11.3 Å². The summed E-state index contributed by atoms with van der Waals surface area (Å²) in [5.74, 6) is 0.454. The number of aromatic hydroxyl groups is 1. The van der Waals surface area contributed by atoms with E-state index in [4.69, 9.17) is 4.74 Å². The predicted molar refractivity (Wildman–Crippen MR) is 95.9 cm³/mol. The van der Waals surface area contributed by atoms with Crippen LogP contribution in [0.5, 0.6) is 11.5 Å². The van der Waals surface area contributed by atoms with Crippen LogP contribution in [0.15, 0.2) is 24.8 Å². The van der Waals surface area contributed by atoms with E-state index >= 15 is 0 Å². The third-order valence-electron chi connectivity index (χ3n) is 3.84. The van der Waals surface area contributed by atoms with Crippen LogP contribution >= 0.6 is 24.8 Å². The third-order valence-corrected chi connectivity index (χ3v) is 3.84. The van der Waals surface area contributed by atoms with Crippen LogP contribution in [0.1, 0.15) is 23.6 Å². The lowest BCUT2D eigenvalue weighted by atomic mass is 9.95. The Kier molecular flexibility index (Phi) is 9.70. The third kappa shape index (κ3) is 4.76. The van der Waals surface area contributed by atoms with Gasteiger partial charge in [-0.05, 0) is 18.6 Å². The quantitative estimate of drug-likeness (QED) is 0.791. The number of rotatable bonds is 5. The van der Waals surface area contributed by atoms with E-state index in [9.17, 15) is 10.4 Å². The highest BCUT2D eigenvalue weighted by atomic mass is 35.5. The van der Waals surface area contributed by atoms with E-state index in [1.54, 1.807) is 12.1 Å². The van der Waals surface area contributed by atoms with Crippen molar-refractivity contribution < 1.29 is 9.84 Å². The second-order valence-corrected chi connectivity index (χ2v) is 5.02. The Bertz CT molecular complexity index is 555. The van der Waals surface area contributed by atoms with Crippen molar-refractivity contribution >= 4 is 24.8 Å². The summed E-state index contributed by atoms with van der Waals surface area (Å²) in [4.78, 5) is 2.27.